The molecule has 0 spiro atoms. The van der Waals surface area contributed by atoms with E-state index in [0.717, 1.165) is 12.8 Å². The van der Waals surface area contributed by atoms with E-state index in [1.54, 1.807) is 12.1 Å². The average Bonchev–Trinajstić information content (AvgIpc) is 2.73. The number of pyridine rings is 1. The van der Waals surface area contributed by atoms with Gasteiger partial charge in [0.05, 0.1) is 12.2 Å². The van der Waals surface area contributed by atoms with Crippen molar-refractivity contribution in [2.75, 3.05) is 6.61 Å². The highest BCUT2D eigenvalue weighted by atomic mass is 16.5. The van der Waals surface area contributed by atoms with Crippen molar-refractivity contribution in [1.29, 1.82) is 5.26 Å². The van der Waals surface area contributed by atoms with Gasteiger partial charge in [-0.2, -0.15) is 5.26 Å². The van der Waals surface area contributed by atoms with Crippen molar-refractivity contribution in [2.24, 2.45) is 0 Å². The number of aliphatic hydroxyl groups excluding tert-OH is 1. The first kappa shape index (κ1) is 24.4. The number of ether oxygens (including phenoxy) is 1. The second-order valence-corrected chi connectivity index (χ2v) is 7.80. The van der Waals surface area contributed by atoms with Crippen molar-refractivity contribution in [3.63, 3.8) is 0 Å². The van der Waals surface area contributed by atoms with Crippen LogP contribution in [0.5, 0.6) is 5.88 Å². The zero-order valence-electron chi connectivity index (χ0n) is 17.9. The first-order valence-electron chi connectivity index (χ1n) is 11.4. The molecule has 1 atom stereocenters. The molecule has 1 N–H and O–H groups in total. The Kier molecular flexibility index (Phi) is 15.3. The van der Waals surface area contributed by atoms with Crippen molar-refractivity contribution >= 4 is 0 Å². The molecule has 0 saturated heterocycles. The predicted octanol–water partition coefficient (Wildman–Crippen LogP) is 6.56. The SMILES string of the molecule is CCCCCCCCCCCCCCCCC(CO)Oc1ccc(C#N)cn1. The number of aromatic nitrogens is 1. The summed E-state index contributed by atoms with van der Waals surface area (Å²) >= 11 is 0. The molecule has 158 valence electrons. The van der Waals surface area contributed by atoms with Crippen molar-refractivity contribution in [3.05, 3.63) is 23.9 Å². The summed E-state index contributed by atoms with van der Waals surface area (Å²) in [5.41, 5.74) is 0.514. The second kappa shape index (κ2) is 17.5. The zero-order chi connectivity index (χ0) is 20.3. The largest absolute Gasteiger partial charge is 0.472 e. The minimum atomic E-state index is -0.210. The molecule has 1 rings (SSSR count). The molecule has 0 aliphatic rings. The normalized spacial score (nSPS) is 11.9. The Bertz CT molecular complexity index is 510. The first-order chi connectivity index (χ1) is 13.8. The van der Waals surface area contributed by atoms with Crippen LogP contribution in [0.25, 0.3) is 0 Å². The topological polar surface area (TPSA) is 66.1 Å². The van der Waals surface area contributed by atoms with Gasteiger partial charge in [-0.3, -0.25) is 0 Å². The van der Waals surface area contributed by atoms with E-state index in [4.69, 9.17) is 10.00 Å². The van der Waals surface area contributed by atoms with Gasteiger partial charge >= 0.3 is 0 Å². The Hall–Kier alpha value is -1.60. The standard InChI is InChI=1S/C24H40N2O2/c1-2-3-4-5-6-7-8-9-10-11-12-13-14-15-16-23(21-27)28-24-18-17-22(19-25)20-26-24/h17-18,20,23,27H,2-16,21H2,1H3. The number of hydrogen-bond acceptors (Lipinski definition) is 4. The molecule has 0 aromatic carbocycles. The van der Waals surface area contributed by atoms with Gasteiger partial charge in [-0.25, -0.2) is 4.98 Å². The van der Waals surface area contributed by atoms with Gasteiger partial charge in [-0.1, -0.05) is 90.4 Å². The molecule has 0 aliphatic heterocycles. The molecule has 0 aliphatic carbocycles. The maximum atomic E-state index is 9.49. The van der Waals surface area contributed by atoms with Crippen LogP contribution >= 0.6 is 0 Å². The Morgan fingerprint density at radius 1 is 0.893 bits per heavy atom. The summed E-state index contributed by atoms with van der Waals surface area (Å²) in [6.07, 6.45) is 20.9. The molecule has 4 nitrogen and oxygen atoms in total. The third kappa shape index (κ3) is 12.7. The van der Waals surface area contributed by atoms with Gasteiger partial charge in [-0.15, -0.1) is 0 Å². The summed E-state index contributed by atoms with van der Waals surface area (Å²) < 4.78 is 5.71. The van der Waals surface area contributed by atoms with Crippen molar-refractivity contribution in [2.45, 2.75) is 109 Å². The summed E-state index contributed by atoms with van der Waals surface area (Å²) in [5.74, 6) is 0.475. The number of rotatable bonds is 18. The lowest BCUT2D eigenvalue weighted by Gasteiger charge is -2.16. The van der Waals surface area contributed by atoms with E-state index in [1.165, 1.54) is 89.7 Å². The number of nitriles is 1. The maximum Gasteiger partial charge on any atom is 0.213 e. The number of unbranched alkanes of at least 4 members (excludes halogenated alkanes) is 13. The number of nitrogens with zero attached hydrogens (tertiary/aromatic N) is 2. The zero-order valence-corrected chi connectivity index (χ0v) is 17.9. The van der Waals surface area contributed by atoms with E-state index in [-0.39, 0.29) is 12.7 Å². The van der Waals surface area contributed by atoms with Gasteiger partial charge in [0.1, 0.15) is 12.2 Å². The Labute approximate surface area is 172 Å². The smallest absolute Gasteiger partial charge is 0.213 e. The molecule has 0 bridgehead atoms. The van der Waals surface area contributed by atoms with Crippen molar-refractivity contribution < 1.29 is 9.84 Å². The Morgan fingerprint density at radius 2 is 1.43 bits per heavy atom. The number of hydrogen-bond donors (Lipinski definition) is 1. The molecule has 28 heavy (non-hydrogen) atoms. The highest BCUT2D eigenvalue weighted by molar-refractivity contribution is 5.28. The minimum absolute atomic E-state index is 0.000125. The molecule has 1 unspecified atom stereocenters. The average molecular weight is 389 g/mol. The fourth-order valence-corrected chi connectivity index (χ4v) is 3.44. The van der Waals surface area contributed by atoms with E-state index in [9.17, 15) is 5.11 Å². The highest BCUT2D eigenvalue weighted by Gasteiger charge is 2.10. The van der Waals surface area contributed by atoms with Gasteiger partial charge in [-0.05, 0) is 18.9 Å². The molecule has 0 amide bonds. The van der Waals surface area contributed by atoms with E-state index in [1.807, 2.05) is 6.07 Å². The fraction of sp³-hybridized carbons (Fsp3) is 0.750. The monoisotopic (exact) mass is 388 g/mol. The first-order valence-corrected chi connectivity index (χ1v) is 11.4. The second-order valence-electron chi connectivity index (χ2n) is 7.80. The summed E-state index contributed by atoms with van der Waals surface area (Å²) in [7, 11) is 0. The van der Waals surface area contributed by atoms with Crippen LogP contribution in [-0.4, -0.2) is 22.8 Å². The lowest BCUT2D eigenvalue weighted by atomic mass is 10.0. The molecule has 1 heterocycles. The third-order valence-electron chi connectivity index (χ3n) is 5.24. The molecule has 0 radical (unpaired) electrons. The minimum Gasteiger partial charge on any atom is -0.472 e. The summed E-state index contributed by atoms with van der Waals surface area (Å²) in [5, 5.41) is 18.3. The van der Waals surface area contributed by atoms with E-state index in [2.05, 4.69) is 11.9 Å². The lowest BCUT2D eigenvalue weighted by Crippen LogP contribution is -2.21. The van der Waals surface area contributed by atoms with Crippen LogP contribution < -0.4 is 4.74 Å². The molecule has 1 aromatic rings. The van der Waals surface area contributed by atoms with Crippen LogP contribution in [0.1, 0.15) is 109 Å². The van der Waals surface area contributed by atoms with Crippen LogP contribution in [0.15, 0.2) is 18.3 Å². The Morgan fingerprint density at radius 3 is 1.86 bits per heavy atom. The fourth-order valence-electron chi connectivity index (χ4n) is 3.44. The van der Waals surface area contributed by atoms with E-state index >= 15 is 0 Å². The van der Waals surface area contributed by atoms with Crippen LogP contribution in [0, 0.1) is 11.3 Å². The van der Waals surface area contributed by atoms with Gasteiger partial charge in [0.25, 0.3) is 0 Å². The van der Waals surface area contributed by atoms with Gasteiger partial charge in [0.2, 0.25) is 5.88 Å². The maximum absolute atomic E-state index is 9.49. The highest BCUT2D eigenvalue weighted by Crippen LogP contribution is 2.16. The Balaban J connectivity index is 1.93. The predicted molar refractivity (Wildman–Crippen MR) is 115 cm³/mol. The summed E-state index contributed by atoms with van der Waals surface area (Å²) in [6, 6.07) is 5.41. The van der Waals surface area contributed by atoms with Crippen LogP contribution in [0.2, 0.25) is 0 Å². The molecule has 4 heteroatoms. The van der Waals surface area contributed by atoms with Gasteiger partial charge in [0.15, 0.2) is 0 Å². The third-order valence-corrected chi connectivity index (χ3v) is 5.24. The molecule has 0 fully saturated rings. The van der Waals surface area contributed by atoms with Gasteiger partial charge in [0, 0.05) is 12.3 Å². The van der Waals surface area contributed by atoms with Crippen molar-refractivity contribution in [1.82, 2.24) is 4.98 Å². The summed E-state index contributed by atoms with van der Waals surface area (Å²) in [6.45, 7) is 2.27. The van der Waals surface area contributed by atoms with Crippen LogP contribution in [0.3, 0.4) is 0 Å². The van der Waals surface area contributed by atoms with Crippen LogP contribution in [0.4, 0.5) is 0 Å². The molecule has 0 saturated carbocycles. The number of aliphatic hydroxyl groups is 1. The molecule has 1 aromatic heterocycles. The lowest BCUT2D eigenvalue weighted by molar-refractivity contribution is 0.102. The van der Waals surface area contributed by atoms with Crippen LogP contribution in [-0.2, 0) is 0 Å². The van der Waals surface area contributed by atoms with E-state index < -0.39 is 0 Å². The van der Waals surface area contributed by atoms with Crippen molar-refractivity contribution in [3.8, 4) is 11.9 Å². The quantitative estimate of drug-likeness (QED) is 0.289. The molecular formula is C24H40N2O2. The van der Waals surface area contributed by atoms with E-state index in [0.29, 0.717) is 11.4 Å². The summed E-state index contributed by atoms with van der Waals surface area (Å²) in [4.78, 5) is 4.10. The molecular weight excluding hydrogens is 348 g/mol. The van der Waals surface area contributed by atoms with Gasteiger partial charge < -0.3 is 9.84 Å².